The molecule has 0 saturated carbocycles. The molecule has 1 aromatic heterocycles. The fraction of sp³-hybridized carbons (Fsp3) is 0.450. The van der Waals surface area contributed by atoms with E-state index in [1.54, 1.807) is 19.0 Å². The molecule has 0 aliphatic carbocycles. The van der Waals surface area contributed by atoms with Crippen LogP contribution < -0.4 is 4.90 Å². The van der Waals surface area contributed by atoms with Crippen molar-refractivity contribution in [3.63, 3.8) is 0 Å². The number of hydrogen-bond acceptors (Lipinski definition) is 5. The summed E-state index contributed by atoms with van der Waals surface area (Å²) >= 11 is 0. The summed E-state index contributed by atoms with van der Waals surface area (Å²) in [5.41, 5.74) is 2.45. The minimum absolute atomic E-state index is 0. The molecule has 146 valence electrons. The van der Waals surface area contributed by atoms with Gasteiger partial charge in [0, 0.05) is 57.4 Å². The van der Waals surface area contributed by atoms with Crippen molar-refractivity contribution in [2.24, 2.45) is 0 Å². The van der Waals surface area contributed by atoms with Gasteiger partial charge in [-0.15, -0.1) is 12.4 Å². The number of hydrogen-bond donors (Lipinski definition) is 0. The van der Waals surface area contributed by atoms with E-state index in [1.807, 2.05) is 36.7 Å². The van der Waals surface area contributed by atoms with E-state index >= 15 is 0 Å². The van der Waals surface area contributed by atoms with E-state index in [1.165, 1.54) is 0 Å². The van der Waals surface area contributed by atoms with Gasteiger partial charge in [0.25, 0.3) is 5.91 Å². The molecule has 0 radical (unpaired) electrons. The molecule has 0 spiro atoms. The predicted octanol–water partition coefficient (Wildman–Crippen LogP) is 2.80. The fourth-order valence-corrected chi connectivity index (χ4v) is 3.14. The molecule has 1 aliphatic heterocycles. The van der Waals surface area contributed by atoms with Gasteiger partial charge >= 0.3 is 0 Å². The van der Waals surface area contributed by atoms with Crippen LogP contribution in [0.3, 0.4) is 0 Å². The highest BCUT2D eigenvalue weighted by Gasteiger charge is 2.20. The summed E-state index contributed by atoms with van der Waals surface area (Å²) in [7, 11) is 3.50. The van der Waals surface area contributed by atoms with Gasteiger partial charge in [-0.1, -0.05) is 12.1 Å². The van der Waals surface area contributed by atoms with Gasteiger partial charge in [-0.25, -0.2) is 4.98 Å². The zero-order valence-electron chi connectivity index (χ0n) is 16.4. The molecular formula is C20H28ClN5O. The summed E-state index contributed by atoms with van der Waals surface area (Å²) in [5, 5.41) is 0. The van der Waals surface area contributed by atoms with Crippen LogP contribution in [0.5, 0.6) is 0 Å². The molecule has 0 N–H and O–H groups in total. The van der Waals surface area contributed by atoms with Gasteiger partial charge in [-0.2, -0.15) is 0 Å². The monoisotopic (exact) mass is 389 g/mol. The third-order valence-corrected chi connectivity index (χ3v) is 4.84. The van der Waals surface area contributed by atoms with Crippen molar-refractivity contribution < 1.29 is 4.79 Å². The lowest BCUT2D eigenvalue weighted by Gasteiger charge is -2.37. The van der Waals surface area contributed by atoms with Gasteiger partial charge in [0.05, 0.1) is 18.1 Å². The highest BCUT2D eigenvalue weighted by atomic mass is 35.5. The minimum atomic E-state index is -0.00137. The number of amides is 1. The predicted molar refractivity (Wildman–Crippen MR) is 112 cm³/mol. The van der Waals surface area contributed by atoms with Crippen LogP contribution in [0.1, 0.15) is 24.2 Å². The first-order valence-electron chi connectivity index (χ1n) is 9.09. The number of carbonyl (C=O) groups is 1. The summed E-state index contributed by atoms with van der Waals surface area (Å²) < 4.78 is 0. The Morgan fingerprint density at radius 1 is 1.00 bits per heavy atom. The van der Waals surface area contributed by atoms with Gasteiger partial charge in [-0.3, -0.25) is 14.7 Å². The van der Waals surface area contributed by atoms with Crippen LogP contribution in [0.4, 0.5) is 5.82 Å². The van der Waals surface area contributed by atoms with Crippen molar-refractivity contribution in [2.75, 3.05) is 45.2 Å². The van der Waals surface area contributed by atoms with E-state index in [9.17, 15) is 4.79 Å². The number of aromatic nitrogens is 2. The van der Waals surface area contributed by atoms with Crippen molar-refractivity contribution in [1.82, 2.24) is 19.8 Å². The molecule has 3 rings (SSSR count). The molecule has 1 amide bonds. The molecule has 0 bridgehead atoms. The zero-order chi connectivity index (χ0) is 18.7. The second kappa shape index (κ2) is 9.15. The Hall–Kier alpha value is -2.18. The number of anilines is 1. The van der Waals surface area contributed by atoms with E-state index in [2.05, 4.69) is 33.6 Å². The first-order chi connectivity index (χ1) is 12.5. The summed E-state index contributed by atoms with van der Waals surface area (Å²) in [4.78, 5) is 27.5. The van der Waals surface area contributed by atoms with Crippen LogP contribution in [0.15, 0.2) is 36.7 Å². The Morgan fingerprint density at radius 3 is 2.11 bits per heavy atom. The SMILES string of the molecule is CC(C)N1CCN(c2cnc(-c3ccc(C(=O)N(C)C)cc3)cn2)CC1.Cl. The van der Waals surface area contributed by atoms with E-state index in [4.69, 9.17) is 0 Å². The first kappa shape index (κ1) is 21.1. The maximum absolute atomic E-state index is 12.0. The third kappa shape index (κ3) is 4.96. The third-order valence-electron chi connectivity index (χ3n) is 4.84. The largest absolute Gasteiger partial charge is 0.353 e. The smallest absolute Gasteiger partial charge is 0.253 e. The van der Waals surface area contributed by atoms with E-state index in [-0.39, 0.29) is 18.3 Å². The van der Waals surface area contributed by atoms with Gasteiger partial charge in [0.15, 0.2) is 0 Å². The molecule has 7 heteroatoms. The van der Waals surface area contributed by atoms with E-state index in [0.29, 0.717) is 11.6 Å². The average molecular weight is 390 g/mol. The molecule has 1 aliphatic rings. The molecule has 2 heterocycles. The summed E-state index contributed by atoms with van der Waals surface area (Å²) in [5.74, 6) is 0.926. The topological polar surface area (TPSA) is 52.6 Å². The van der Waals surface area contributed by atoms with Crippen LogP contribution in [0.25, 0.3) is 11.3 Å². The number of halogens is 1. The van der Waals surface area contributed by atoms with Crippen molar-refractivity contribution in [2.45, 2.75) is 19.9 Å². The van der Waals surface area contributed by atoms with Gasteiger partial charge < -0.3 is 9.80 Å². The molecule has 0 atom stereocenters. The maximum Gasteiger partial charge on any atom is 0.253 e. The minimum Gasteiger partial charge on any atom is -0.353 e. The zero-order valence-corrected chi connectivity index (χ0v) is 17.2. The summed E-state index contributed by atoms with van der Waals surface area (Å²) in [6.07, 6.45) is 3.66. The Balaban J connectivity index is 0.00000261. The van der Waals surface area contributed by atoms with Crippen LogP contribution in [0, 0.1) is 0 Å². The Bertz CT molecular complexity index is 738. The fourth-order valence-electron chi connectivity index (χ4n) is 3.14. The van der Waals surface area contributed by atoms with E-state index in [0.717, 1.165) is 43.3 Å². The number of carbonyl (C=O) groups excluding carboxylic acids is 1. The van der Waals surface area contributed by atoms with Crippen LogP contribution in [-0.4, -0.2) is 72.0 Å². The van der Waals surface area contributed by atoms with Crippen LogP contribution >= 0.6 is 12.4 Å². The maximum atomic E-state index is 12.0. The molecule has 1 saturated heterocycles. The van der Waals surface area contributed by atoms with Crippen LogP contribution in [-0.2, 0) is 0 Å². The van der Waals surface area contributed by atoms with Crippen molar-refractivity contribution in [3.8, 4) is 11.3 Å². The molecule has 1 fully saturated rings. The quantitative estimate of drug-likeness (QED) is 0.804. The average Bonchev–Trinajstić information content (AvgIpc) is 2.67. The van der Waals surface area contributed by atoms with Crippen molar-refractivity contribution >= 4 is 24.1 Å². The molecule has 27 heavy (non-hydrogen) atoms. The Kier molecular flexibility index (Phi) is 7.16. The Morgan fingerprint density at radius 2 is 1.63 bits per heavy atom. The number of benzene rings is 1. The van der Waals surface area contributed by atoms with Crippen molar-refractivity contribution in [1.29, 1.82) is 0 Å². The number of piperazine rings is 1. The molecule has 2 aromatic rings. The summed E-state index contributed by atoms with van der Waals surface area (Å²) in [6, 6.07) is 8.09. The molecular weight excluding hydrogens is 362 g/mol. The first-order valence-corrected chi connectivity index (χ1v) is 9.09. The highest BCUT2D eigenvalue weighted by molar-refractivity contribution is 5.94. The van der Waals surface area contributed by atoms with Crippen molar-refractivity contribution in [3.05, 3.63) is 42.2 Å². The lowest BCUT2D eigenvalue weighted by molar-refractivity contribution is 0.0827. The summed E-state index contributed by atoms with van der Waals surface area (Å²) in [6.45, 7) is 8.55. The molecule has 1 aromatic carbocycles. The van der Waals surface area contributed by atoms with Gasteiger partial charge in [0.2, 0.25) is 0 Å². The lowest BCUT2D eigenvalue weighted by atomic mass is 10.1. The van der Waals surface area contributed by atoms with Gasteiger partial charge in [-0.05, 0) is 26.0 Å². The van der Waals surface area contributed by atoms with E-state index < -0.39 is 0 Å². The second-order valence-corrected chi connectivity index (χ2v) is 7.15. The lowest BCUT2D eigenvalue weighted by Crippen LogP contribution is -2.49. The van der Waals surface area contributed by atoms with Gasteiger partial charge in [0.1, 0.15) is 5.82 Å². The number of nitrogens with zero attached hydrogens (tertiary/aromatic N) is 5. The molecule has 6 nitrogen and oxygen atoms in total. The number of rotatable bonds is 4. The Labute approximate surface area is 167 Å². The molecule has 0 unspecified atom stereocenters. The second-order valence-electron chi connectivity index (χ2n) is 7.15. The van der Waals surface area contributed by atoms with Crippen LogP contribution in [0.2, 0.25) is 0 Å². The normalized spacial score (nSPS) is 14.8. The highest BCUT2D eigenvalue weighted by Crippen LogP contribution is 2.20. The standard InChI is InChI=1S/C20H27N5O.ClH/c1-15(2)24-9-11-25(12-10-24)19-14-21-18(13-22-19)16-5-7-17(8-6-16)20(26)23(3)4;/h5-8,13-15H,9-12H2,1-4H3;1H.